The number of carbonyl (C=O) groups is 1. The third-order valence-electron chi connectivity index (χ3n) is 6.97. The van der Waals surface area contributed by atoms with Crippen LogP contribution in [0.1, 0.15) is 41.4 Å². The number of fused-ring (bicyclic) bond motifs is 1. The predicted octanol–water partition coefficient (Wildman–Crippen LogP) is 6.25. The standard InChI is InChI=1S/C29H34N6OS4/c30-28(31)21-6-3-5-20(15-21)16-25(29-34-24-9-1-2-10-26(24)39-29)35-40(37,38)23-8-4-7-22(18-23)33-27(36)17-19-11-13-32-14-12-19/h1-10,15,18-19,25,32,35,37-38H,11-14,16-17H2,(H3,30,31)(H,33,36). The van der Waals surface area contributed by atoms with Crippen LogP contribution in [0.25, 0.3) is 10.2 Å². The molecule has 2 heterocycles. The van der Waals surface area contributed by atoms with Gasteiger partial charge >= 0.3 is 0 Å². The molecular formula is C29H34N6OS4. The van der Waals surface area contributed by atoms with Crippen LogP contribution in [0.4, 0.5) is 5.69 Å². The molecule has 0 aliphatic carbocycles. The summed E-state index contributed by atoms with van der Waals surface area (Å²) in [6.07, 6.45) is 3.20. The summed E-state index contributed by atoms with van der Waals surface area (Å²) in [5.74, 6) is 0.490. The monoisotopic (exact) mass is 610 g/mol. The minimum atomic E-state index is -2.10. The number of amidine groups is 1. The van der Waals surface area contributed by atoms with Crippen LogP contribution in [0.3, 0.4) is 0 Å². The molecule has 210 valence electrons. The fourth-order valence-electron chi connectivity index (χ4n) is 4.90. The van der Waals surface area contributed by atoms with Crippen LogP contribution in [0.2, 0.25) is 0 Å². The largest absolute Gasteiger partial charge is 0.384 e. The zero-order valence-corrected chi connectivity index (χ0v) is 25.4. The van der Waals surface area contributed by atoms with E-state index in [-0.39, 0.29) is 17.8 Å². The highest BCUT2D eigenvalue weighted by molar-refractivity contribution is 9.17. The molecule has 11 heteroatoms. The Bertz CT molecular complexity index is 1470. The molecule has 1 atom stereocenters. The lowest BCUT2D eigenvalue weighted by atomic mass is 9.94. The van der Waals surface area contributed by atoms with E-state index in [4.69, 9.17) is 39.4 Å². The van der Waals surface area contributed by atoms with Gasteiger partial charge in [0.05, 0.1) is 16.3 Å². The van der Waals surface area contributed by atoms with Gasteiger partial charge in [0.25, 0.3) is 0 Å². The molecule has 0 spiro atoms. The number of nitrogens with zero attached hydrogens (tertiary/aromatic N) is 1. The molecule has 1 aliphatic heterocycles. The molecule has 1 fully saturated rings. The quantitative estimate of drug-likeness (QED) is 0.0496. The van der Waals surface area contributed by atoms with Crippen molar-refractivity contribution in [1.29, 1.82) is 5.41 Å². The van der Waals surface area contributed by atoms with Crippen LogP contribution in [-0.2, 0) is 11.2 Å². The van der Waals surface area contributed by atoms with E-state index in [2.05, 4.69) is 21.4 Å². The van der Waals surface area contributed by atoms with Gasteiger partial charge in [0.1, 0.15) is 10.8 Å². The summed E-state index contributed by atoms with van der Waals surface area (Å²) < 4.78 is 4.80. The first-order valence-electron chi connectivity index (χ1n) is 13.2. The molecule has 1 saturated heterocycles. The number of benzene rings is 3. The Morgan fingerprint density at radius 1 is 1.10 bits per heavy atom. The smallest absolute Gasteiger partial charge is 0.224 e. The van der Waals surface area contributed by atoms with Crippen molar-refractivity contribution in [3.05, 3.63) is 88.9 Å². The number of aromatic nitrogens is 1. The summed E-state index contributed by atoms with van der Waals surface area (Å²) in [5.41, 5.74) is 9.16. The maximum Gasteiger partial charge on any atom is 0.224 e. The Kier molecular flexibility index (Phi) is 9.39. The molecule has 7 nitrogen and oxygen atoms in total. The lowest BCUT2D eigenvalue weighted by Crippen LogP contribution is -2.30. The van der Waals surface area contributed by atoms with E-state index < -0.39 is 8.28 Å². The van der Waals surface area contributed by atoms with Gasteiger partial charge < -0.3 is 16.4 Å². The maximum atomic E-state index is 12.8. The second-order valence-electron chi connectivity index (χ2n) is 10.0. The number of hydrogen-bond acceptors (Lipinski definition) is 8. The van der Waals surface area contributed by atoms with Crippen LogP contribution in [-0.4, -0.2) is 29.8 Å². The van der Waals surface area contributed by atoms with Gasteiger partial charge in [0.15, 0.2) is 0 Å². The zero-order valence-electron chi connectivity index (χ0n) is 22.0. The minimum Gasteiger partial charge on any atom is -0.384 e. The van der Waals surface area contributed by atoms with Gasteiger partial charge in [-0.15, -0.1) is 34.7 Å². The van der Waals surface area contributed by atoms with Crippen LogP contribution in [0, 0.1) is 11.3 Å². The molecule has 1 amide bonds. The predicted molar refractivity (Wildman–Crippen MR) is 176 cm³/mol. The average molecular weight is 611 g/mol. The van der Waals surface area contributed by atoms with Gasteiger partial charge in [-0.3, -0.25) is 14.9 Å². The third-order valence-corrected chi connectivity index (χ3v) is 11.5. The molecule has 40 heavy (non-hydrogen) atoms. The zero-order chi connectivity index (χ0) is 28.1. The van der Waals surface area contributed by atoms with Crippen LogP contribution in [0.5, 0.6) is 0 Å². The normalized spacial score (nSPS) is 15.6. The summed E-state index contributed by atoms with van der Waals surface area (Å²) in [5, 5.41) is 15.2. The number of hydrogen-bond donors (Lipinski definition) is 7. The number of amides is 1. The molecule has 4 aromatic rings. The van der Waals surface area contributed by atoms with Gasteiger partial charge in [0, 0.05) is 22.6 Å². The van der Waals surface area contributed by atoms with Crippen molar-refractivity contribution in [3.63, 3.8) is 0 Å². The molecule has 0 bridgehead atoms. The number of thiol groups is 2. The fourth-order valence-corrected chi connectivity index (χ4v) is 8.72. The molecule has 1 aromatic heterocycles. The Morgan fingerprint density at radius 2 is 1.88 bits per heavy atom. The highest BCUT2D eigenvalue weighted by atomic mass is 33.5. The maximum absolute atomic E-state index is 12.8. The van der Waals surface area contributed by atoms with Crippen molar-refractivity contribution in [2.45, 2.75) is 36.6 Å². The Morgan fingerprint density at radius 3 is 2.65 bits per heavy atom. The lowest BCUT2D eigenvalue weighted by Gasteiger charge is -2.34. The van der Waals surface area contributed by atoms with Gasteiger partial charge in [-0.25, -0.2) is 4.98 Å². The summed E-state index contributed by atoms with van der Waals surface area (Å²) >= 11 is 11.7. The molecule has 1 aliphatic rings. The number of rotatable bonds is 10. The topological polar surface area (TPSA) is 116 Å². The van der Waals surface area contributed by atoms with Crippen molar-refractivity contribution in [3.8, 4) is 0 Å². The molecular weight excluding hydrogens is 577 g/mol. The SMILES string of the molecule is N=C(N)c1cccc(CC(NS(S)(S)c2cccc(NC(=O)CC3CCNCC3)c2)c2nc3ccccc3s2)c1. The Hall–Kier alpha value is -2.54. The van der Waals surface area contributed by atoms with Crippen LogP contribution >= 0.6 is 42.9 Å². The molecule has 0 saturated carbocycles. The first kappa shape index (κ1) is 29.0. The molecule has 0 radical (unpaired) electrons. The van der Waals surface area contributed by atoms with Crippen LogP contribution < -0.4 is 21.1 Å². The van der Waals surface area contributed by atoms with Crippen molar-refractivity contribution in [2.75, 3.05) is 18.4 Å². The van der Waals surface area contributed by atoms with Gasteiger partial charge in [-0.05, 0) is 80.2 Å². The second-order valence-corrected chi connectivity index (χ2v) is 17.0. The highest BCUT2D eigenvalue weighted by Gasteiger charge is 2.27. The van der Waals surface area contributed by atoms with Crippen molar-refractivity contribution in [1.82, 2.24) is 15.0 Å². The van der Waals surface area contributed by atoms with E-state index in [0.717, 1.165) is 57.3 Å². The van der Waals surface area contributed by atoms with Crippen molar-refractivity contribution >= 4 is 70.6 Å². The number of anilines is 1. The summed E-state index contributed by atoms with van der Waals surface area (Å²) in [4.78, 5) is 18.6. The van der Waals surface area contributed by atoms with E-state index in [9.17, 15) is 4.79 Å². The average Bonchev–Trinajstić information content (AvgIpc) is 3.38. The first-order chi connectivity index (χ1) is 19.3. The van der Waals surface area contributed by atoms with Crippen molar-refractivity contribution < 1.29 is 4.79 Å². The van der Waals surface area contributed by atoms with E-state index in [1.165, 1.54) is 0 Å². The number of nitrogens with two attached hydrogens (primary N) is 1. The summed E-state index contributed by atoms with van der Waals surface area (Å²) in [7, 11) is -2.10. The highest BCUT2D eigenvalue weighted by Crippen LogP contribution is 2.62. The molecule has 1 unspecified atom stereocenters. The van der Waals surface area contributed by atoms with Gasteiger partial charge in [-0.1, -0.05) is 44.7 Å². The molecule has 3 aromatic carbocycles. The first-order valence-corrected chi connectivity index (χ1v) is 17.8. The van der Waals surface area contributed by atoms with E-state index in [0.29, 0.717) is 24.3 Å². The van der Waals surface area contributed by atoms with Gasteiger partial charge in [0.2, 0.25) is 5.91 Å². The lowest BCUT2D eigenvalue weighted by molar-refractivity contribution is -0.117. The van der Waals surface area contributed by atoms with Crippen molar-refractivity contribution in [2.24, 2.45) is 11.7 Å². The number of nitrogen functional groups attached to an aromatic ring is 1. The Balaban J connectivity index is 1.37. The number of para-hydroxylation sites is 1. The van der Waals surface area contributed by atoms with Gasteiger partial charge in [-0.2, -0.15) is 0 Å². The summed E-state index contributed by atoms with van der Waals surface area (Å²) in [6, 6.07) is 23.4. The summed E-state index contributed by atoms with van der Waals surface area (Å²) in [6.45, 7) is 1.94. The molecule has 5 rings (SSSR count). The minimum absolute atomic E-state index is 0.0358. The number of piperidine rings is 1. The van der Waals surface area contributed by atoms with E-state index in [1.807, 2.05) is 66.7 Å². The van der Waals surface area contributed by atoms with E-state index >= 15 is 0 Å². The fraction of sp³-hybridized carbons (Fsp3) is 0.276. The Labute approximate surface area is 250 Å². The molecule has 6 N–H and O–H groups in total. The third kappa shape index (κ3) is 7.39. The second kappa shape index (κ2) is 13.0. The van der Waals surface area contributed by atoms with Crippen LogP contribution in [0.15, 0.2) is 77.7 Å². The number of nitrogens with one attached hydrogen (secondary N) is 4. The van der Waals surface area contributed by atoms with E-state index in [1.54, 1.807) is 11.3 Å². The number of carbonyl (C=O) groups excluding carboxylic acids is 1. The number of thiazole rings is 1.